The summed E-state index contributed by atoms with van der Waals surface area (Å²) in [7, 11) is 0. The second-order valence-corrected chi connectivity index (χ2v) is 5.64. The van der Waals surface area contributed by atoms with Crippen molar-refractivity contribution in [2.45, 2.75) is 6.42 Å². The molecule has 1 aromatic heterocycles. The van der Waals surface area contributed by atoms with E-state index in [-0.39, 0.29) is 18.3 Å². The van der Waals surface area contributed by atoms with Gasteiger partial charge in [0.15, 0.2) is 0 Å². The fraction of sp³-hybridized carbons (Fsp3) is 0.583. The average molecular weight is 273 g/mol. The predicted octanol–water partition coefficient (Wildman–Crippen LogP) is 1.85. The normalized spacial score (nSPS) is 27.4. The van der Waals surface area contributed by atoms with Crippen molar-refractivity contribution >= 4 is 29.7 Å². The third-order valence-electron chi connectivity index (χ3n) is 3.72. The minimum Gasteiger partial charge on any atom is -0.338 e. The number of hydrogen-bond acceptors (Lipinski definition) is 3. The molecule has 0 radical (unpaired) electrons. The Morgan fingerprint density at radius 3 is 3.00 bits per heavy atom. The molecule has 0 aliphatic carbocycles. The zero-order valence-corrected chi connectivity index (χ0v) is 11.2. The van der Waals surface area contributed by atoms with Gasteiger partial charge in [-0.05, 0) is 42.8 Å². The summed E-state index contributed by atoms with van der Waals surface area (Å²) >= 11 is 1.54. The zero-order valence-electron chi connectivity index (χ0n) is 9.59. The summed E-state index contributed by atoms with van der Waals surface area (Å²) in [6, 6.07) is 3.87. The van der Waals surface area contributed by atoms with Crippen molar-refractivity contribution in [3.05, 3.63) is 22.4 Å². The molecule has 94 valence electrons. The van der Waals surface area contributed by atoms with Crippen molar-refractivity contribution in [2.24, 2.45) is 11.8 Å². The fourth-order valence-corrected chi connectivity index (χ4v) is 3.47. The van der Waals surface area contributed by atoms with E-state index >= 15 is 0 Å². The van der Waals surface area contributed by atoms with Gasteiger partial charge in [-0.15, -0.1) is 23.7 Å². The monoisotopic (exact) mass is 272 g/mol. The fourth-order valence-electron chi connectivity index (χ4n) is 2.78. The molecule has 0 saturated carbocycles. The Morgan fingerprint density at radius 1 is 1.41 bits per heavy atom. The highest BCUT2D eigenvalue weighted by Crippen LogP contribution is 2.27. The van der Waals surface area contributed by atoms with Gasteiger partial charge in [0.1, 0.15) is 0 Å². The van der Waals surface area contributed by atoms with Crippen LogP contribution in [0.15, 0.2) is 17.5 Å². The van der Waals surface area contributed by atoms with Crippen LogP contribution >= 0.6 is 23.7 Å². The van der Waals surface area contributed by atoms with Crippen LogP contribution in [0, 0.1) is 11.8 Å². The van der Waals surface area contributed by atoms with Crippen LogP contribution < -0.4 is 5.32 Å². The van der Waals surface area contributed by atoms with Crippen molar-refractivity contribution < 1.29 is 4.79 Å². The number of hydrogen-bond donors (Lipinski definition) is 1. The van der Waals surface area contributed by atoms with Crippen LogP contribution in [-0.2, 0) is 0 Å². The molecule has 0 spiro atoms. The van der Waals surface area contributed by atoms with Crippen molar-refractivity contribution in [3.63, 3.8) is 0 Å². The van der Waals surface area contributed by atoms with Crippen molar-refractivity contribution in [3.8, 4) is 0 Å². The maximum atomic E-state index is 12.2. The summed E-state index contributed by atoms with van der Waals surface area (Å²) in [5.41, 5.74) is 0. The van der Waals surface area contributed by atoms with Crippen molar-refractivity contribution in [2.75, 3.05) is 26.2 Å². The van der Waals surface area contributed by atoms with E-state index in [1.54, 1.807) is 11.3 Å². The molecule has 2 atom stereocenters. The van der Waals surface area contributed by atoms with Crippen LogP contribution in [0.3, 0.4) is 0 Å². The lowest BCUT2D eigenvalue weighted by molar-refractivity contribution is 0.0647. The summed E-state index contributed by atoms with van der Waals surface area (Å²) in [6.07, 6.45) is 1.16. The molecule has 3 heterocycles. The maximum Gasteiger partial charge on any atom is 0.263 e. The molecule has 1 amide bonds. The first-order chi connectivity index (χ1) is 7.84. The molecule has 3 rings (SSSR count). The number of fused-ring (bicyclic) bond motifs is 1. The van der Waals surface area contributed by atoms with E-state index in [1.807, 2.05) is 22.4 Å². The van der Waals surface area contributed by atoms with Gasteiger partial charge in [0.25, 0.3) is 5.91 Å². The average Bonchev–Trinajstić information content (AvgIpc) is 2.98. The number of amides is 1. The highest BCUT2D eigenvalue weighted by molar-refractivity contribution is 7.12. The minimum atomic E-state index is 0. The molecule has 1 aromatic rings. The molecule has 0 bridgehead atoms. The molecule has 17 heavy (non-hydrogen) atoms. The van der Waals surface area contributed by atoms with Crippen LogP contribution in [0.5, 0.6) is 0 Å². The number of rotatable bonds is 1. The molecule has 2 aliphatic rings. The maximum absolute atomic E-state index is 12.2. The van der Waals surface area contributed by atoms with E-state index in [1.165, 1.54) is 0 Å². The Bertz CT molecular complexity index is 382. The quantitative estimate of drug-likeness (QED) is 0.846. The summed E-state index contributed by atoms with van der Waals surface area (Å²) in [6.45, 7) is 4.10. The molecule has 1 N–H and O–H groups in total. The summed E-state index contributed by atoms with van der Waals surface area (Å²) in [5.74, 6) is 1.70. The van der Waals surface area contributed by atoms with Gasteiger partial charge in [0.2, 0.25) is 0 Å². The third-order valence-corrected chi connectivity index (χ3v) is 4.58. The van der Waals surface area contributed by atoms with Gasteiger partial charge >= 0.3 is 0 Å². The lowest BCUT2D eigenvalue weighted by Crippen LogP contribution is -2.43. The Balaban J connectivity index is 0.00000108. The Kier molecular flexibility index (Phi) is 4.07. The van der Waals surface area contributed by atoms with Crippen molar-refractivity contribution in [1.29, 1.82) is 0 Å². The smallest absolute Gasteiger partial charge is 0.263 e. The molecule has 0 aromatic carbocycles. The minimum absolute atomic E-state index is 0. The van der Waals surface area contributed by atoms with E-state index in [9.17, 15) is 4.79 Å². The predicted molar refractivity (Wildman–Crippen MR) is 71.9 cm³/mol. The van der Waals surface area contributed by atoms with E-state index in [0.29, 0.717) is 5.92 Å². The van der Waals surface area contributed by atoms with Crippen LogP contribution in [0.1, 0.15) is 16.1 Å². The van der Waals surface area contributed by atoms with Crippen LogP contribution in [0.4, 0.5) is 0 Å². The summed E-state index contributed by atoms with van der Waals surface area (Å²) in [5, 5.41) is 5.39. The van der Waals surface area contributed by atoms with E-state index in [4.69, 9.17) is 0 Å². The molecule has 2 aliphatic heterocycles. The zero-order chi connectivity index (χ0) is 11.0. The number of halogens is 1. The first kappa shape index (κ1) is 12.9. The SMILES string of the molecule is Cl.O=C(c1cccs1)N1CCC2CNCC2C1. The number of nitrogens with one attached hydrogen (secondary N) is 1. The molecule has 2 unspecified atom stereocenters. The van der Waals surface area contributed by atoms with Gasteiger partial charge in [0, 0.05) is 13.1 Å². The standard InChI is InChI=1S/C12H16N2OS.ClH/c15-12(11-2-1-5-16-11)14-4-3-9-6-13-7-10(9)8-14;/h1-2,5,9-10,13H,3-4,6-8H2;1H. The molecule has 2 saturated heterocycles. The van der Waals surface area contributed by atoms with Crippen LogP contribution in [-0.4, -0.2) is 37.0 Å². The lowest BCUT2D eigenvalue weighted by atomic mass is 9.88. The number of nitrogens with zero attached hydrogens (tertiary/aromatic N) is 1. The number of piperidine rings is 1. The third kappa shape index (κ3) is 2.49. The number of carbonyl (C=O) groups is 1. The highest BCUT2D eigenvalue weighted by atomic mass is 35.5. The van der Waals surface area contributed by atoms with E-state index in [2.05, 4.69) is 5.32 Å². The van der Waals surface area contributed by atoms with E-state index < -0.39 is 0 Å². The Hall–Kier alpha value is -0.580. The number of likely N-dealkylation sites (tertiary alicyclic amines) is 1. The molecule has 3 nitrogen and oxygen atoms in total. The lowest BCUT2D eigenvalue weighted by Gasteiger charge is -2.34. The van der Waals surface area contributed by atoms with Crippen LogP contribution in [0.25, 0.3) is 0 Å². The van der Waals surface area contributed by atoms with Gasteiger partial charge in [-0.3, -0.25) is 4.79 Å². The molecular weight excluding hydrogens is 256 g/mol. The van der Waals surface area contributed by atoms with Gasteiger partial charge in [-0.1, -0.05) is 6.07 Å². The van der Waals surface area contributed by atoms with Crippen LogP contribution in [0.2, 0.25) is 0 Å². The molecular formula is C12H17ClN2OS. The van der Waals surface area contributed by atoms with Gasteiger partial charge in [-0.2, -0.15) is 0 Å². The summed E-state index contributed by atoms with van der Waals surface area (Å²) in [4.78, 5) is 15.1. The summed E-state index contributed by atoms with van der Waals surface area (Å²) < 4.78 is 0. The van der Waals surface area contributed by atoms with Crippen molar-refractivity contribution in [1.82, 2.24) is 10.2 Å². The first-order valence-electron chi connectivity index (χ1n) is 5.88. The second kappa shape index (κ2) is 5.38. The van der Waals surface area contributed by atoms with Gasteiger partial charge in [-0.25, -0.2) is 0 Å². The van der Waals surface area contributed by atoms with Gasteiger partial charge < -0.3 is 10.2 Å². The second-order valence-electron chi connectivity index (χ2n) is 4.70. The number of carbonyl (C=O) groups excluding carboxylic acids is 1. The number of thiophene rings is 1. The molecule has 5 heteroatoms. The highest BCUT2D eigenvalue weighted by Gasteiger charge is 2.34. The van der Waals surface area contributed by atoms with E-state index in [0.717, 1.165) is 43.4 Å². The Labute approximate surface area is 112 Å². The van der Waals surface area contributed by atoms with Gasteiger partial charge in [0.05, 0.1) is 4.88 Å². The first-order valence-corrected chi connectivity index (χ1v) is 6.76. The topological polar surface area (TPSA) is 32.3 Å². The Morgan fingerprint density at radius 2 is 2.24 bits per heavy atom. The largest absolute Gasteiger partial charge is 0.338 e. The molecule has 2 fully saturated rings.